The topological polar surface area (TPSA) is 40.5 Å². The summed E-state index contributed by atoms with van der Waals surface area (Å²) in [6.07, 6.45) is 13.8. The van der Waals surface area contributed by atoms with Crippen LogP contribution in [0.1, 0.15) is 98.8 Å². The summed E-state index contributed by atoms with van der Waals surface area (Å²) in [6, 6.07) is 0. The van der Waals surface area contributed by atoms with E-state index in [2.05, 4.69) is 40.7 Å². The highest BCUT2D eigenvalue weighted by molar-refractivity contribution is 5.27. The molecule has 2 N–H and O–H groups in total. The predicted molar refractivity (Wildman–Crippen MR) is 120 cm³/mol. The van der Waals surface area contributed by atoms with Crippen LogP contribution in [0.15, 0.2) is 11.6 Å². The molecule has 0 heterocycles. The molecule has 2 nitrogen and oxygen atoms in total. The summed E-state index contributed by atoms with van der Waals surface area (Å²) in [5, 5.41) is 21.3. The molecule has 4 aliphatic carbocycles. The number of aliphatic hydroxyl groups excluding tert-OH is 2. The molecule has 3 saturated carbocycles. The van der Waals surface area contributed by atoms with Gasteiger partial charge in [-0.05, 0) is 79.4 Å². The molecular formula is C27H46O2. The van der Waals surface area contributed by atoms with E-state index >= 15 is 0 Å². The SMILES string of the molecule is CC(C)CCC[C@@H](C)[C@H]1CC[C@H]2[C@@H]3CC=C4C[C@H](O)C[C@@H](O)[C@]4(C)[C@H]3CC[C@]12C. The molecule has 2 heteroatoms. The summed E-state index contributed by atoms with van der Waals surface area (Å²) < 4.78 is 0. The maximum absolute atomic E-state index is 11.1. The quantitative estimate of drug-likeness (QED) is 0.525. The minimum atomic E-state index is -0.373. The van der Waals surface area contributed by atoms with Gasteiger partial charge in [-0.3, -0.25) is 0 Å². The summed E-state index contributed by atoms with van der Waals surface area (Å²) in [4.78, 5) is 0. The van der Waals surface area contributed by atoms with Crippen LogP contribution in [0.3, 0.4) is 0 Å². The van der Waals surface area contributed by atoms with Gasteiger partial charge in [0.05, 0.1) is 12.2 Å². The molecule has 3 fully saturated rings. The van der Waals surface area contributed by atoms with Crippen LogP contribution in [0.2, 0.25) is 0 Å². The van der Waals surface area contributed by atoms with E-state index in [1.807, 2.05) is 0 Å². The lowest BCUT2D eigenvalue weighted by Crippen LogP contribution is -2.55. The number of rotatable bonds is 5. The number of allylic oxidation sites excluding steroid dienone is 1. The van der Waals surface area contributed by atoms with Gasteiger partial charge < -0.3 is 10.2 Å². The highest BCUT2D eigenvalue weighted by Crippen LogP contribution is 2.67. The predicted octanol–water partition coefficient (Wildman–Crippen LogP) is 6.36. The van der Waals surface area contributed by atoms with Gasteiger partial charge in [0.2, 0.25) is 0 Å². The molecule has 4 rings (SSSR count). The van der Waals surface area contributed by atoms with Crippen LogP contribution in [-0.2, 0) is 0 Å². The second-order valence-corrected chi connectivity index (χ2v) is 12.3. The fourth-order valence-electron chi connectivity index (χ4n) is 8.73. The third-order valence-corrected chi connectivity index (χ3v) is 10.4. The van der Waals surface area contributed by atoms with Crippen molar-refractivity contribution >= 4 is 0 Å². The second kappa shape index (κ2) is 7.97. The zero-order valence-electron chi connectivity index (χ0n) is 19.7. The monoisotopic (exact) mass is 402 g/mol. The third kappa shape index (κ3) is 3.55. The maximum Gasteiger partial charge on any atom is 0.0658 e. The smallest absolute Gasteiger partial charge is 0.0658 e. The molecule has 29 heavy (non-hydrogen) atoms. The van der Waals surface area contributed by atoms with Crippen molar-refractivity contribution in [2.45, 2.75) is 111 Å². The molecule has 0 aromatic heterocycles. The molecule has 0 bridgehead atoms. The number of hydrogen-bond donors (Lipinski definition) is 2. The van der Waals surface area contributed by atoms with E-state index in [1.165, 1.54) is 56.9 Å². The maximum atomic E-state index is 11.1. The average Bonchev–Trinajstić information content (AvgIpc) is 3.00. The third-order valence-electron chi connectivity index (χ3n) is 10.4. The Labute approximate surface area is 179 Å². The average molecular weight is 403 g/mol. The van der Waals surface area contributed by atoms with Crippen molar-refractivity contribution in [3.63, 3.8) is 0 Å². The van der Waals surface area contributed by atoms with Crippen molar-refractivity contribution in [3.8, 4) is 0 Å². The molecule has 9 atom stereocenters. The minimum Gasteiger partial charge on any atom is -0.393 e. The van der Waals surface area contributed by atoms with Gasteiger partial charge in [-0.2, -0.15) is 0 Å². The Bertz CT molecular complexity index is 624. The van der Waals surface area contributed by atoms with Gasteiger partial charge in [-0.25, -0.2) is 0 Å². The van der Waals surface area contributed by atoms with Crippen molar-refractivity contribution in [1.29, 1.82) is 0 Å². The van der Waals surface area contributed by atoms with Gasteiger partial charge in [-0.1, -0.05) is 65.5 Å². The molecule has 0 aromatic rings. The lowest BCUT2D eigenvalue weighted by molar-refractivity contribution is -0.108. The Morgan fingerprint density at radius 2 is 1.79 bits per heavy atom. The summed E-state index contributed by atoms with van der Waals surface area (Å²) in [5.41, 5.74) is 1.77. The van der Waals surface area contributed by atoms with E-state index in [0.29, 0.717) is 17.8 Å². The fraction of sp³-hybridized carbons (Fsp3) is 0.926. The standard InChI is InChI=1S/C27H46O2/c1-17(2)7-6-8-18(3)22-11-12-23-21-10-9-19-15-20(28)16-25(29)27(19,5)24(21)13-14-26(22,23)4/h9,17-18,20-25,28-29H,6-8,10-16H2,1-5H3/t18-,20+,21+,22-,23+,24+,25-,26-,27+/m1/s1. The molecule has 0 unspecified atom stereocenters. The van der Waals surface area contributed by atoms with Gasteiger partial charge in [0.25, 0.3) is 0 Å². The van der Waals surface area contributed by atoms with E-state index in [9.17, 15) is 10.2 Å². The highest BCUT2D eigenvalue weighted by atomic mass is 16.3. The fourth-order valence-corrected chi connectivity index (χ4v) is 8.73. The Morgan fingerprint density at radius 1 is 1.03 bits per heavy atom. The molecule has 0 amide bonds. The molecule has 0 radical (unpaired) electrons. The first-order valence-electron chi connectivity index (χ1n) is 12.7. The lowest BCUT2D eigenvalue weighted by atomic mass is 9.46. The van der Waals surface area contributed by atoms with Crippen LogP contribution in [0.4, 0.5) is 0 Å². The molecule has 166 valence electrons. The van der Waals surface area contributed by atoms with Gasteiger partial charge in [0.15, 0.2) is 0 Å². The number of hydrogen-bond acceptors (Lipinski definition) is 2. The van der Waals surface area contributed by atoms with Crippen molar-refractivity contribution in [3.05, 3.63) is 11.6 Å². The van der Waals surface area contributed by atoms with Gasteiger partial charge >= 0.3 is 0 Å². The van der Waals surface area contributed by atoms with Crippen molar-refractivity contribution in [2.75, 3.05) is 0 Å². The zero-order chi connectivity index (χ0) is 21.0. The summed E-state index contributed by atoms with van der Waals surface area (Å²) >= 11 is 0. The van der Waals surface area contributed by atoms with Crippen LogP contribution in [0.5, 0.6) is 0 Å². The summed E-state index contributed by atoms with van der Waals surface area (Å²) in [7, 11) is 0. The molecule has 4 aliphatic rings. The van der Waals surface area contributed by atoms with Gasteiger partial charge in [0, 0.05) is 11.8 Å². The number of fused-ring (bicyclic) bond motifs is 5. The van der Waals surface area contributed by atoms with E-state index in [-0.39, 0.29) is 17.6 Å². The largest absolute Gasteiger partial charge is 0.393 e. The Kier molecular flexibility index (Phi) is 6.01. The van der Waals surface area contributed by atoms with E-state index in [0.717, 1.165) is 36.0 Å². The van der Waals surface area contributed by atoms with E-state index < -0.39 is 0 Å². The van der Waals surface area contributed by atoms with Gasteiger partial charge in [0.1, 0.15) is 0 Å². The summed E-state index contributed by atoms with van der Waals surface area (Å²) in [6.45, 7) is 12.2. The van der Waals surface area contributed by atoms with Crippen LogP contribution in [0, 0.1) is 46.3 Å². The first-order chi connectivity index (χ1) is 13.7. The molecule has 0 aliphatic heterocycles. The van der Waals surface area contributed by atoms with Crippen LogP contribution in [-0.4, -0.2) is 22.4 Å². The van der Waals surface area contributed by atoms with E-state index in [4.69, 9.17) is 0 Å². The zero-order valence-corrected chi connectivity index (χ0v) is 19.7. The highest BCUT2D eigenvalue weighted by Gasteiger charge is 2.60. The Morgan fingerprint density at radius 3 is 2.52 bits per heavy atom. The van der Waals surface area contributed by atoms with Crippen molar-refractivity contribution in [1.82, 2.24) is 0 Å². The first-order valence-corrected chi connectivity index (χ1v) is 12.7. The summed E-state index contributed by atoms with van der Waals surface area (Å²) in [5.74, 6) is 4.73. The minimum absolute atomic E-state index is 0.0928. The van der Waals surface area contributed by atoms with Crippen molar-refractivity contribution in [2.24, 2.45) is 46.3 Å². The number of aliphatic hydroxyl groups is 2. The molecular weight excluding hydrogens is 356 g/mol. The molecule has 0 spiro atoms. The van der Waals surface area contributed by atoms with Crippen LogP contribution in [0.25, 0.3) is 0 Å². The van der Waals surface area contributed by atoms with Crippen LogP contribution >= 0.6 is 0 Å². The van der Waals surface area contributed by atoms with Gasteiger partial charge in [-0.15, -0.1) is 0 Å². The second-order valence-electron chi connectivity index (χ2n) is 12.3. The van der Waals surface area contributed by atoms with E-state index in [1.54, 1.807) is 0 Å². The van der Waals surface area contributed by atoms with Crippen molar-refractivity contribution < 1.29 is 10.2 Å². The molecule has 0 saturated heterocycles. The molecule has 0 aromatic carbocycles. The lowest BCUT2D eigenvalue weighted by Gasteiger charge is -2.59. The Hall–Kier alpha value is -0.340. The Balaban J connectivity index is 1.52. The van der Waals surface area contributed by atoms with Crippen LogP contribution < -0.4 is 0 Å². The first kappa shape index (κ1) is 21.9. The normalized spacial score (nSPS) is 47.9.